The second-order valence-electron chi connectivity index (χ2n) is 3.65. The average Bonchev–Trinajstić information content (AvgIpc) is 2.37. The maximum atomic E-state index is 8.90. The largest absolute Gasteiger partial charge is 0.235 e. The molecule has 0 spiro atoms. The van der Waals surface area contributed by atoms with Crippen LogP contribution in [0, 0.1) is 11.3 Å². The van der Waals surface area contributed by atoms with Gasteiger partial charge in [0.1, 0.15) is 6.07 Å². The molecule has 17 heavy (non-hydrogen) atoms. The van der Waals surface area contributed by atoms with Crippen LogP contribution in [0.2, 0.25) is 5.02 Å². The normalized spacial score (nSPS) is 10.6. The first-order chi connectivity index (χ1) is 8.29. The van der Waals surface area contributed by atoms with Crippen LogP contribution in [-0.4, -0.2) is 9.97 Å². The van der Waals surface area contributed by atoms with Crippen LogP contribution >= 0.6 is 11.6 Å². The van der Waals surface area contributed by atoms with E-state index in [1.165, 1.54) is 6.20 Å². The maximum Gasteiger partial charge on any atom is 0.161 e. The highest BCUT2D eigenvalue weighted by Gasteiger charge is 2.08. The lowest BCUT2D eigenvalue weighted by Gasteiger charge is -2.03. The summed E-state index contributed by atoms with van der Waals surface area (Å²) in [7, 11) is 0. The number of benzene rings is 1. The summed E-state index contributed by atoms with van der Waals surface area (Å²) in [5.41, 5.74) is 1.80. The van der Waals surface area contributed by atoms with E-state index in [-0.39, 0.29) is 0 Å². The van der Waals surface area contributed by atoms with Crippen LogP contribution in [0.4, 0.5) is 0 Å². The minimum Gasteiger partial charge on any atom is -0.235 e. The maximum absolute atomic E-state index is 8.90. The fourth-order valence-electron chi connectivity index (χ4n) is 1.77. The van der Waals surface area contributed by atoms with Gasteiger partial charge in [-0.3, -0.25) is 0 Å². The molecule has 0 amide bonds. The van der Waals surface area contributed by atoms with Crippen molar-refractivity contribution in [1.82, 2.24) is 9.97 Å². The minimum atomic E-state index is 0.372. The minimum absolute atomic E-state index is 0.372. The summed E-state index contributed by atoms with van der Waals surface area (Å²) in [5, 5.41) is 11.0. The van der Waals surface area contributed by atoms with E-state index in [2.05, 4.69) is 9.97 Å². The number of hydrogen-bond acceptors (Lipinski definition) is 3. The van der Waals surface area contributed by atoms with Crippen molar-refractivity contribution < 1.29 is 0 Å². The fourth-order valence-corrected chi connectivity index (χ4v) is 2.00. The van der Waals surface area contributed by atoms with E-state index in [4.69, 9.17) is 16.9 Å². The molecule has 3 nitrogen and oxygen atoms in total. The van der Waals surface area contributed by atoms with Crippen LogP contribution in [0.1, 0.15) is 5.56 Å². The molecule has 0 saturated heterocycles. The van der Waals surface area contributed by atoms with E-state index >= 15 is 0 Å². The monoisotopic (exact) mass is 239 g/mol. The van der Waals surface area contributed by atoms with Gasteiger partial charge in [0.25, 0.3) is 0 Å². The third-order valence-corrected chi connectivity index (χ3v) is 3.02. The Balaban J connectivity index is 2.49. The van der Waals surface area contributed by atoms with Crippen molar-refractivity contribution in [2.24, 2.45) is 0 Å². The van der Waals surface area contributed by atoms with Crippen LogP contribution in [0.15, 0.2) is 36.5 Å². The Hall–Kier alpha value is -2.18. The lowest BCUT2D eigenvalue weighted by Crippen LogP contribution is -1.89. The van der Waals surface area contributed by atoms with Gasteiger partial charge in [-0.2, -0.15) is 5.26 Å². The number of hydrogen-bond donors (Lipinski definition) is 0. The molecule has 0 aliphatic rings. The van der Waals surface area contributed by atoms with Crippen molar-refractivity contribution >= 4 is 33.5 Å². The molecule has 4 heteroatoms. The Labute approximate surface area is 102 Å². The molecule has 2 aromatic heterocycles. The standard InChI is InChI=1S/C13H6ClN3/c14-12-9(6-15)7-16-13-10(12)5-8-3-1-2-4-11(8)17-13/h1-5,7H. The van der Waals surface area contributed by atoms with Gasteiger partial charge < -0.3 is 0 Å². The van der Waals surface area contributed by atoms with Gasteiger partial charge in [-0.05, 0) is 12.1 Å². The van der Waals surface area contributed by atoms with Gasteiger partial charge in [0, 0.05) is 17.0 Å². The van der Waals surface area contributed by atoms with E-state index in [1.807, 2.05) is 36.4 Å². The third kappa shape index (κ3) is 1.50. The van der Waals surface area contributed by atoms with Gasteiger partial charge in [-0.25, -0.2) is 9.97 Å². The van der Waals surface area contributed by atoms with Crippen LogP contribution in [0.25, 0.3) is 21.9 Å². The Morgan fingerprint density at radius 3 is 2.88 bits per heavy atom. The van der Waals surface area contributed by atoms with Crippen LogP contribution < -0.4 is 0 Å². The first-order valence-corrected chi connectivity index (χ1v) is 5.41. The smallest absolute Gasteiger partial charge is 0.161 e. The molecule has 3 aromatic rings. The Kier molecular flexibility index (Phi) is 2.17. The molecule has 3 rings (SSSR count). The topological polar surface area (TPSA) is 49.6 Å². The summed E-state index contributed by atoms with van der Waals surface area (Å²) in [5.74, 6) is 0. The highest BCUT2D eigenvalue weighted by Crippen LogP contribution is 2.26. The van der Waals surface area contributed by atoms with Gasteiger partial charge in [0.2, 0.25) is 0 Å². The third-order valence-electron chi connectivity index (χ3n) is 2.61. The highest BCUT2D eigenvalue weighted by atomic mass is 35.5. The van der Waals surface area contributed by atoms with E-state index < -0.39 is 0 Å². The van der Waals surface area contributed by atoms with Gasteiger partial charge in [-0.15, -0.1) is 0 Å². The average molecular weight is 240 g/mol. The summed E-state index contributed by atoms with van der Waals surface area (Å²) >= 11 is 6.14. The van der Waals surface area contributed by atoms with Crippen LogP contribution in [0.3, 0.4) is 0 Å². The zero-order chi connectivity index (χ0) is 11.8. The van der Waals surface area contributed by atoms with Crippen molar-refractivity contribution in [3.8, 4) is 6.07 Å². The van der Waals surface area contributed by atoms with Gasteiger partial charge >= 0.3 is 0 Å². The van der Waals surface area contributed by atoms with E-state index in [0.717, 1.165) is 10.9 Å². The molecule has 2 heterocycles. The molecule has 0 unspecified atom stereocenters. The number of para-hydroxylation sites is 1. The lowest BCUT2D eigenvalue weighted by molar-refractivity contribution is 1.31. The number of nitriles is 1. The SMILES string of the molecule is N#Cc1cnc2nc3ccccc3cc2c1Cl. The molecule has 0 N–H and O–H groups in total. The second kappa shape index (κ2) is 3.69. The summed E-state index contributed by atoms with van der Waals surface area (Å²) in [6, 6.07) is 11.7. The first-order valence-electron chi connectivity index (χ1n) is 5.03. The van der Waals surface area contributed by atoms with Crippen molar-refractivity contribution in [1.29, 1.82) is 5.26 Å². The Bertz CT molecular complexity index is 775. The lowest BCUT2D eigenvalue weighted by atomic mass is 10.1. The van der Waals surface area contributed by atoms with E-state index in [1.54, 1.807) is 0 Å². The highest BCUT2D eigenvalue weighted by molar-refractivity contribution is 6.36. The van der Waals surface area contributed by atoms with Crippen molar-refractivity contribution in [3.63, 3.8) is 0 Å². The number of halogens is 1. The fraction of sp³-hybridized carbons (Fsp3) is 0. The van der Waals surface area contributed by atoms with E-state index in [0.29, 0.717) is 21.6 Å². The zero-order valence-electron chi connectivity index (χ0n) is 8.68. The summed E-state index contributed by atoms with van der Waals surface area (Å²) in [4.78, 5) is 8.55. The Morgan fingerprint density at radius 1 is 1.24 bits per heavy atom. The summed E-state index contributed by atoms with van der Waals surface area (Å²) in [6.07, 6.45) is 1.45. The number of pyridine rings is 2. The quantitative estimate of drug-likeness (QED) is 0.566. The van der Waals surface area contributed by atoms with Crippen molar-refractivity contribution in [2.75, 3.05) is 0 Å². The van der Waals surface area contributed by atoms with Gasteiger partial charge in [0.15, 0.2) is 5.65 Å². The van der Waals surface area contributed by atoms with Crippen molar-refractivity contribution in [2.45, 2.75) is 0 Å². The number of nitrogens with zero attached hydrogens (tertiary/aromatic N) is 3. The molecule has 80 valence electrons. The zero-order valence-corrected chi connectivity index (χ0v) is 9.44. The number of aromatic nitrogens is 2. The first kappa shape index (κ1) is 10.0. The number of fused-ring (bicyclic) bond motifs is 2. The Morgan fingerprint density at radius 2 is 2.06 bits per heavy atom. The molecular weight excluding hydrogens is 234 g/mol. The molecule has 0 atom stereocenters. The molecule has 1 aromatic carbocycles. The molecule has 0 fully saturated rings. The second-order valence-corrected chi connectivity index (χ2v) is 4.03. The van der Waals surface area contributed by atoms with Crippen LogP contribution in [0.5, 0.6) is 0 Å². The number of rotatable bonds is 0. The van der Waals surface area contributed by atoms with Crippen LogP contribution in [-0.2, 0) is 0 Å². The molecule has 0 saturated carbocycles. The predicted molar refractivity (Wildman–Crippen MR) is 66.8 cm³/mol. The van der Waals surface area contributed by atoms with E-state index in [9.17, 15) is 0 Å². The molecule has 0 aliphatic carbocycles. The summed E-state index contributed by atoms with van der Waals surface area (Å²) in [6.45, 7) is 0. The van der Waals surface area contributed by atoms with Crippen molar-refractivity contribution in [3.05, 3.63) is 47.1 Å². The van der Waals surface area contributed by atoms with Gasteiger partial charge in [-0.1, -0.05) is 29.8 Å². The summed E-state index contributed by atoms with van der Waals surface area (Å²) < 4.78 is 0. The molecule has 0 radical (unpaired) electrons. The molecule has 0 bridgehead atoms. The van der Waals surface area contributed by atoms with Gasteiger partial charge in [0.05, 0.1) is 16.1 Å². The molecule has 0 aliphatic heterocycles. The predicted octanol–water partition coefficient (Wildman–Crippen LogP) is 3.31. The molecular formula is C13H6ClN3.